The molecule has 3 N–H and O–H groups in total. The number of nitrogens with one attached hydrogen (secondary N) is 1. The standard InChI is InChI=1S/C12H13N3/c1-14-11-8-7-10(12(13)15-11)9-5-3-2-4-6-9/h2-8H,1H3,(H3,13,14,15). The predicted molar refractivity (Wildman–Crippen MR) is 63.6 cm³/mol. The van der Waals surface area contributed by atoms with Crippen molar-refractivity contribution in [3.8, 4) is 11.1 Å². The maximum Gasteiger partial charge on any atom is 0.133 e. The monoisotopic (exact) mass is 199 g/mol. The van der Waals surface area contributed by atoms with Gasteiger partial charge in [0, 0.05) is 12.6 Å². The van der Waals surface area contributed by atoms with E-state index in [-0.39, 0.29) is 0 Å². The van der Waals surface area contributed by atoms with Gasteiger partial charge in [0.15, 0.2) is 0 Å². The van der Waals surface area contributed by atoms with E-state index >= 15 is 0 Å². The maximum absolute atomic E-state index is 5.88. The average Bonchev–Trinajstić information content (AvgIpc) is 2.30. The molecule has 76 valence electrons. The number of aromatic nitrogens is 1. The Labute approximate surface area is 89.0 Å². The van der Waals surface area contributed by atoms with E-state index in [2.05, 4.69) is 10.3 Å². The largest absolute Gasteiger partial charge is 0.383 e. The van der Waals surface area contributed by atoms with E-state index in [9.17, 15) is 0 Å². The van der Waals surface area contributed by atoms with Crippen molar-refractivity contribution in [3.05, 3.63) is 42.5 Å². The summed E-state index contributed by atoms with van der Waals surface area (Å²) < 4.78 is 0. The van der Waals surface area contributed by atoms with Crippen LogP contribution in [0.25, 0.3) is 11.1 Å². The molecule has 1 aromatic heterocycles. The van der Waals surface area contributed by atoms with Gasteiger partial charge in [-0.25, -0.2) is 4.98 Å². The summed E-state index contributed by atoms with van der Waals surface area (Å²) in [5.74, 6) is 1.33. The van der Waals surface area contributed by atoms with Crippen LogP contribution in [-0.2, 0) is 0 Å². The SMILES string of the molecule is CNc1ccc(-c2ccccc2)c(N)n1. The number of hydrogen-bond acceptors (Lipinski definition) is 3. The number of nitrogens with zero attached hydrogens (tertiary/aromatic N) is 1. The topological polar surface area (TPSA) is 50.9 Å². The Kier molecular flexibility index (Phi) is 2.54. The minimum atomic E-state index is 0.549. The fourth-order valence-electron chi connectivity index (χ4n) is 1.48. The zero-order valence-corrected chi connectivity index (χ0v) is 8.57. The molecule has 0 aliphatic carbocycles. The molecular formula is C12H13N3. The molecule has 15 heavy (non-hydrogen) atoms. The molecule has 0 aliphatic heterocycles. The first kappa shape index (κ1) is 9.52. The van der Waals surface area contributed by atoms with Crippen LogP contribution in [0.4, 0.5) is 11.6 Å². The lowest BCUT2D eigenvalue weighted by molar-refractivity contribution is 1.29. The van der Waals surface area contributed by atoms with Gasteiger partial charge in [-0.05, 0) is 17.7 Å². The summed E-state index contributed by atoms with van der Waals surface area (Å²) in [6.45, 7) is 0. The third-order valence-electron chi connectivity index (χ3n) is 2.27. The Bertz CT molecular complexity index is 452. The minimum Gasteiger partial charge on any atom is -0.383 e. The van der Waals surface area contributed by atoms with Crippen molar-refractivity contribution in [1.82, 2.24) is 4.98 Å². The summed E-state index contributed by atoms with van der Waals surface area (Å²) in [6.07, 6.45) is 0. The van der Waals surface area contributed by atoms with Crippen LogP contribution in [0.3, 0.4) is 0 Å². The number of pyridine rings is 1. The van der Waals surface area contributed by atoms with Gasteiger partial charge in [0.25, 0.3) is 0 Å². The summed E-state index contributed by atoms with van der Waals surface area (Å²) in [7, 11) is 1.82. The van der Waals surface area contributed by atoms with Crippen molar-refractivity contribution < 1.29 is 0 Å². The Hall–Kier alpha value is -2.03. The molecule has 0 aliphatic rings. The zero-order chi connectivity index (χ0) is 10.7. The van der Waals surface area contributed by atoms with E-state index in [1.807, 2.05) is 49.5 Å². The normalized spacial score (nSPS) is 9.93. The third-order valence-corrected chi connectivity index (χ3v) is 2.27. The van der Waals surface area contributed by atoms with E-state index in [1.54, 1.807) is 0 Å². The molecule has 3 nitrogen and oxygen atoms in total. The second-order valence-corrected chi connectivity index (χ2v) is 3.25. The number of benzene rings is 1. The van der Waals surface area contributed by atoms with Crippen molar-refractivity contribution in [3.63, 3.8) is 0 Å². The molecule has 0 atom stereocenters. The molecule has 0 fully saturated rings. The lowest BCUT2D eigenvalue weighted by Crippen LogP contribution is -1.98. The van der Waals surface area contributed by atoms with Crippen LogP contribution >= 0.6 is 0 Å². The van der Waals surface area contributed by atoms with Gasteiger partial charge in [0.2, 0.25) is 0 Å². The fraction of sp³-hybridized carbons (Fsp3) is 0.0833. The molecular weight excluding hydrogens is 186 g/mol. The van der Waals surface area contributed by atoms with Gasteiger partial charge in [-0.15, -0.1) is 0 Å². The molecule has 0 saturated carbocycles. The quantitative estimate of drug-likeness (QED) is 0.780. The molecule has 2 rings (SSSR count). The lowest BCUT2D eigenvalue weighted by Gasteiger charge is -2.06. The molecule has 0 radical (unpaired) electrons. The van der Waals surface area contributed by atoms with Gasteiger partial charge in [-0.2, -0.15) is 0 Å². The molecule has 0 bridgehead atoms. The molecule has 1 heterocycles. The fourth-order valence-corrected chi connectivity index (χ4v) is 1.48. The number of anilines is 2. The number of hydrogen-bond donors (Lipinski definition) is 2. The Morgan fingerprint density at radius 1 is 1.07 bits per heavy atom. The van der Waals surface area contributed by atoms with Crippen LogP contribution < -0.4 is 11.1 Å². The number of nitrogens with two attached hydrogens (primary N) is 1. The second-order valence-electron chi connectivity index (χ2n) is 3.25. The molecule has 1 aromatic carbocycles. The summed E-state index contributed by atoms with van der Waals surface area (Å²) >= 11 is 0. The van der Waals surface area contributed by atoms with E-state index < -0.39 is 0 Å². The molecule has 0 spiro atoms. The first-order valence-electron chi connectivity index (χ1n) is 4.81. The van der Waals surface area contributed by atoms with Crippen molar-refractivity contribution in [1.29, 1.82) is 0 Å². The number of rotatable bonds is 2. The van der Waals surface area contributed by atoms with Crippen LogP contribution in [-0.4, -0.2) is 12.0 Å². The molecule has 0 amide bonds. The highest BCUT2D eigenvalue weighted by Crippen LogP contribution is 2.25. The summed E-state index contributed by atoms with van der Waals surface area (Å²) in [5, 5.41) is 2.96. The lowest BCUT2D eigenvalue weighted by atomic mass is 10.1. The third kappa shape index (κ3) is 1.91. The van der Waals surface area contributed by atoms with Crippen molar-refractivity contribution in [2.75, 3.05) is 18.1 Å². The highest BCUT2D eigenvalue weighted by molar-refractivity contribution is 5.74. The summed E-state index contributed by atoms with van der Waals surface area (Å²) in [6, 6.07) is 13.9. The average molecular weight is 199 g/mol. The number of nitrogen functional groups attached to an aromatic ring is 1. The van der Waals surface area contributed by atoms with Crippen molar-refractivity contribution >= 4 is 11.6 Å². The second kappa shape index (κ2) is 4.00. The van der Waals surface area contributed by atoms with Crippen LogP contribution in [0.1, 0.15) is 0 Å². The van der Waals surface area contributed by atoms with E-state index in [0.717, 1.165) is 16.9 Å². The first-order chi connectivity index (χ1) is 7.31. The highest BCUT2D eigenvalue weighted by Gasteiger charge is 2.03. The Morgan fingerprint density at radius 2 is 1.80 bits per heavy atom. The van der Waals surface area contributed by atoms with Gasteiger partial charge in [0.1, 0.15) is 11.6 Å². The van der Waals surface area contributed by atoms with E-state index in [4.69, 9.17) is 5.73 Å². The zero-order valence-electron chi connectivity index (χ0n) is 8.57. The molecule has 0 unspecified atom stereocenters. The van der Waals surface area contributed by atoms with Gasteiger partial charge in [-0.3, -0.25) is 0 Å². The van der Waals surface area contributed by atoms with Crippen LogP contribution in [0.15, 0.2) is 42.5 Å². The van der Waals surface area contributed by atoms with E-state index in [1.165, 1.54) is 0 Å². The first-order valence-corrected chi connectivity index (χ1v) is 4.81. The smallest absolute Gasteiger partial charge is 0.133 e. The van der Waals surface area contributed by atoms with Crippen LogP contribution in [0, 0.1) is 0 Å². The van der Waals surface area contributed by atoms with Crippen LogP contribution in [0.5, 0.6) is 0 Å². The summed E-state index contributed by atoms with van der Waals surface area (Å²) in [5.41, 5.74) is 7.93. The Balaban J connectivity index is 2.46. The van der Waals surface area contributed by atoms with E-state index in [0.29, 0.717) is 5.82 Å². The highest BCUT2D eigenvalue weighted by atomic mass is 15.0. The summed E-state index contributed by atoms with van der Waals surface area (Å²) in [4.78, 5) is 4.23. The van der Waals surface area contributed by atoms with Gasteiger partial charge >= 0.3 is 0 Å². The maximum atomic E-state index is 5.88. The van der Waals surface area contributed by atoms with Gasteiger partial charge in [0.05, 0.1) is 0 Å². The molecule has 3 heteroatoms. The Morgan fingerprint density at radius 3 is 2.40 bits per heavy atom. The van der Waals surface area contributed by atoms with Gasteiger partial charge in [-0.1, -0.05) is 30.3 Å². The minimum absolute atomic E-state index is 0.549. The van der Waals surface area contributed by atoms with Crippen molar-refractivity contribution in [2.45, 2.75) is 0 Å². The van der Waals surface area contributed by atoms with Crippen molar-refractivity contribution in [2.24, 2.45) is 0 Å². The van der Waals surface area contributed by atoms with Gasteiger partial charge < -0.3 is 11.1 Å². The predicted octanol–water partition coefficient (Wildman–Crippen LogP) is 2.37. The molecule has 2 aromatic rings. The van der Waals surface area contributed by atoms with Crippen LogP contribution in [0.2, 0.25) is 0 Å². The molecule has 0 saturated heterocycles.